The molecule has 0 spiro atoms. The molecule has 0 radical (unpaired) electrons. The third kappa shape index (κ3) is 3.26. The molecule has 0 saturated heterocycles. The van der Waals surface area contributed by atoms with E-state index in [0.717, 1.165) is 17.1 Å². The van der Waals surface area contributed by atoms with Crippen LogP contribution in [-0.4, -0.2) is 19.7 Å². The van der Waals surface area contributed by atoms with E-state index >= 15 is 0 Å². The molecule has 0 aliphatic heterocycles. The minimum Gasteiger partial charge on any atom is -0.326 e. The lowest BCUT2D eigenvalue weighted by molar-refractivity contribution is 0.807. The molecule has 2 heterocycles. The Bertz CT molecular complexity index is 1020. The van der Waals surface area contributed by atoms with Gasteiger partial charge in [-0.3, -0.25) is 4.79 Å². The maximum absolute atomic E-state index is 11.2. The smallest absolute Gasteiger partial charge is 0.264 e. The summed E-state index contributed by atoms with van der Waals surface area (Å²) in [5.74, 6) is 0.868. The summed E-state index contributed by atoms with van der Waals surface area (Å²) in [6.45, 7) is 0.710. The Morgan fingerprint density at radius 3 is 2.24 bits per heavy atom. The fourth-order valence-electron chi connectivity index (χ4n) is 2.74. The molecule has 1 N–H and O–H groups in total. The summed E-state index contributed by atoms with van der Waals surface area (Å²) in [7, 11) is 0. The predicted molar refractivity (Wildman–Crippen MR) is 97.1 cm³/mol. The van der Waals surface area contributed by atoms with Crippen molar-refractivity contribution in [1.29, 1.82) is 0 Å². The molecule has 4 rings (SSSR count). The highest BCUT2D eigenvalue weighted by molar-refractivity contribution is 5.62. The Labute approximate surface area is 144 Å². The number of rotatable bonds is 4. The molecular weight excluding hydrogens is 312 g/mol. The lowest BCUT2D eigenvalue weighted by atomic mass is 10.2. The van der Waals surface area contributed by atoms with Gasteiger partial charge in [0.2, 0.25) is 0 Å². The average molecular weight is 328 g/mol. The molecule has 5 heteroatoms. The lowest BCUT2D eigenvalue weighted by Gasteiger charge is -2.07. The monoisotopic (exact) mass is 328 g/mol. The van der Waals surface area contributed by atoms with Crippen molar-refractivity contribution >= 4 is 0 Å². The van der Waals surface area contributed by atoms with Crippen LogP contribution >= 0.6 is 0 Å². The van der Waals surface area contributed by atoms with Crippen LogP contribution in [0.25, 0.3) is 22.8 Å². The fourth-order valence-corrected chi connectivity index (χ4v) is 2.74. The first-order chi connectivity index (χ1) is 12.3. The van der Waals surface area contributed by atoms with E-state index in [-0.39, 0.29) is 5.56 Å². The van der Waals surface area contributed by atoms with Crippen LogP contribution in [0.5, 0.6) is 0 Å². The largest absolute Gasteiger partial charge is 0.326 e. The van der Waals surface area contributed by atoms with Crippen molar-refractivity contribution in [3.63, 3.8) is 0 Å². The number of benzene rings is 2. The van der Waals surface area contributed by atoms with Crippen molar-refractivity contribution in [3.05, 3.63) is 94.9 Å². The Hall–Kier alpha value is -3.47. The zero-order valence-electron chi connectivity index (χ0n) is 13.5. The first-order valence-electron chi connectivity index (χ1n) is 8.02. The quantitative estimate of drug-likeness (QED) is 0.625. The van der Waals surface area contributed by atoms with Crippen LogP contribution in [0.1, 0.15) is 5.56 Å². The minimum absolute atomic E-state index is 0.226. The number of hydrogen-bond donors (Lipinski definition) is 1. The van der Waals surface area contributed by atoms with Gasteiger partial charge in [-0.05, 0) is 11.6 Å². The highest BCUT2D eigenvalue weighted by Crippen LogP contribution is 2.24. The molecule has 0 aliphatic rings. The van der Waals surface area contributed by atoms with Crippen molar-refractivity contribution in [1.82, 2.24) is 19.7 Å². The zero-order valence-corrected chi connectivity index (χ0v) is 13.5. The number of imidazole rings is 1. The van der Waals surface area contributed by atoms with Crippen LogP contribution in [0.3, 0.4) is 0 Å². The van der Waals surface area contributed by atoms with Crippen LogP contribution in [0.2, 0.25) is 0 Å². The Balaban J connectivity index is 1.80. The van der Waals surface area contributed by atoms with Gasteiger partial charge in [0.05, 0.1) is 0 Å². The van der Waals surface area contributed by atoms with Gasteiger partial charge in [-0.1, -0.05) is 60.7 Å². The molecule has 122 valence electrons. The van der Waals surface area contributed by atoms with Crippen molar-refractivity contribution in [2.24, 2.45) is 0 Å². The molecule has 0 fully saturated rings. The Morgan fingerprint density at radius 2 is 1.56 bits per heavy atom. The zero-order chi connectivity index (χ0) is 17.1. The van der Waals surface area contributed by atoms with Crippen LogP contribution in [0.15, 0.2) is 83.8 Å². The molecule has 2 aromatic carbocycles. The Morgan fingerprint density at radius 1 is 0.840 bits per heavy atom. The van der Waals surface area contributed by atoms with Gasteiger partial charge < -0.3 is 4.57 Å². The second kappa shape index (κ2) is 6.57. The van der Waals surface area contributed by atoms with E-state index in [1.54, 1.807) is 6.07 Å². The number of nitrogens with zero attached hydrogens (tertiary/aromatic N) is 3. The summed E-state index contributed by atoms with van der Waals surface area (Å²) >= 11 is 0. The number of H-pyrrole nitrogens is 1. The van der Waals surface area contributed by atoms with E-state index in [2.05, 4.69) is 26.9 Å². The molecule has 0 saturated carbocycles. The second-order valence-electron chi connectivity index (χ2n) is 5.74. The molecule has 0 atom stereocenters. The van der Waals surface area contributed by atoms with Crippen molar-refractivity contribution < 1.29 is 0 Å². The van der Waals surface area contributed by atoms with E-state index in [1.165, 1.54) is 11.6 Å². The molecule has 4 aromatic rings. The summed E-state index contributed by atoms with van der Waals surface area (Å²) in [6, 6.07) is 23.4. The van der Waals surface area contributed by atoms with Gasteiger partial charge >= 0.3 is 0 Å². The van der Waals surface area contributed by atoms with Gasteiger partial charge in [-0.2, -0.15) is 5.10 Å². The van der Waals surface area contributed by atoms with Crippen molar-refractivity contribution in [2.75, 3.05) is 0 Å². The van der Waals surface area contributed by atoms with Gasteiger partial charge in [0.25, 0.3) is 5.56 Å². The standard InChI is InChI=1S/C20H16N4O/c25-19-12-11-17(22-23-19)18-14-24(13-15-7-3-1-4-8-15)20(21-18)16-9-5-2-6-10-16/h1-12,14H,13H2,(H,23,25). The highest BCUT2D eigenvalue weighted by atomic mass is 16.1. The average Bonchev–Trinajstić information content (AvgIpc) is 3.08. The topological polar surface area (TPSA) is 63.6 Å². The van der Waals surface area contributed by atoms with E-state index in [1.807, 2.05) is 54.7 Å². The molecule has 0 bridgehead atoms. The molecule has 0 unspecified atom stereocenters. The van der Waals surface area contributed by atoms with E-state index in [0.29, 0.717) is 12.2 Å². The summed E-state index contributed by atoms with van der Waals surface area (Å²) in [5, 5.41) is 6.55. The minimum atomic E-state index is -0.226. The maximum atomic E-state index is 11.2. The van der Waals surface area contributed by atoms with E-state index in [4.69, 9.17) is 4.98 Å². The maximum Gasteiger partial charge on any atom is 0.264 e. The van der Waals surface area contributed by atoms with Crippen LogP contribution in [0, 0.1) is 0 Å². The fraction of sp³-hybridized carbons (Fsp3) is 0.0500. The third-order valence-electron chi connectivity index (χ3n) is 3.95. The summed E-state index contributed by atoms with van der Waals surface area (Å²) < 4.78 is 2.10. The molecule has 0 amide bonds. The molecule has 2 aromatic heterocycles. The number of aromatic amines is 1. The number of aromatic nitrogens is 4. The van der Waals surface area contributed by atoms with Crippen molar-refractivity contribution in [3.8, 4) is 22.8 Å². The SMILES string of the molecule is O=c1ccc(-c2cn(Cc3ccccc3)c(-c3ccccc3)n2)n[nH]1. The van der Waals surface area contributed by atoms with Gasteiger partial charge in [-0.25, -0.2) is 10.1 Å². The van der Waals surface area contributed by atoms with E-state index < -0.39 is 0 Å². The summed E-state index contributed by atoms with van der Waals surface area (Å²) in [6.07, 6.45) is 1.97. The molecule has 5 nitrogen and oxygen atoms in total. The van der Waals surface area contributed by atoms with Gasteiger partial charge in [0.1, 0.15) is 17.2 Å². The van der Waals surface area contributed by atoms with Crippen LogP contribution in [-0.2, 0) is 6.54 Å². The van der Waals surface area contributed by atoms with Gasteiger partial charge in [0, 0.05) is 24.4 Å². The molecular formula is C20H16N4O. The van der Waals surface area contributed by atoms with Gasteiger partial charge in [0.15, 0.2) is 0 Å². The lowest BCUT2D eigenvalue weighted by Crippen LogP contribution is -2.05. The number of hydrogen-bond acceptors (Lipinski definition) is 3. The number of nitrogens with one attached hydrogen (secondary N) is 1. The normalized spacial score (nSPS) is 10.7. The first kappa shape index (κ1) is 15.1. The van der Waals surface area contributed by atoms with Crippen LogP contribution < -0.4 is 5.56 Å². The highest BCUT2D eigenvalue weighted by Gasteiger charge is 2.13. The first-order valence-corrected chi connectivity index (χ1v) is 8.02. The predicted octanol–water partition coefficient (Wildman–Crippen LogP) is 3.35. The summed E-state index contributed by atoms with van der Waals surface area (Å²) in [5.41, 5.74) is 3.37. The van der Waals surface area contributed by atoms with Gasteiger partial charge in [-0.15, -0.1) is 0 Å². The Kier molecular flexibility index (Phi) is 3.96. The third-order valence-corrected chi connectivity index (χ3v) is 3.95. The molecule has 0 aliphatic carbocycles. The second-order valence-corrected chi connectivity index (χ2v) is 5.74. The van der Waals surface area contributed by atoms with Crippen molar-refractivity contribution in [2.45, 2.75) is 6.54 Å². The van der Waals surface area contributed by atoms with E-state index in [9.17, 15) is 4.79 Å². The van der Waals surface area contributed by atoms with Crippen LogP contribution in [0.4, 0.5) is 0 Å². The molecule has 25 heavy (non-hydrogen) atoms. The summed E-state index contributed by atoms with van der Waals surface area (Å²) in [4.78, 5) is 16.0.